The molecule has 0 bridgehead atoms. The van der Waals surface area contributed by atoms with Crippen LogP contribution in [-0.4, -0.2) is 39.7 Å². The Morgan fingerprint density at radius 2 is 2.03 bits per heavy atom. The fourth-order valence-electron chi connectivity index (χ4n) is 4.93. The van der Waals surface area contributed by atoms with Gasteiger partial charge in [0, 0.05) is 50.8 Å². The molecular formula is C23H34F2N6O. The predicted octanol–water partition coefficient (Wildman–Crippen LogP) is 4.68. The van der Waals surface area contributed by atoms with Crippen LogP contribution in [0.2, 0.25) is 0 Å². The van der Waals surface area contributed by atoms with Crippen molar-refractivity contribution in [1.29, 1.82) is 0 Å². The first-order chi connectivity index (χ1) is 14.5. The highest BCUT2D eigenvalue weighted by Crippen LogP contribution is 2.52. The van der Waals surface area contributed by atoms with Gasteiger partial charge in [0.05, 0.1) is 23.3 Å². The van der Waals surface area contributed by atoms with Crippen molar-refractivity contribution >= 4 is 23.1 Å². The maximum Gasteiger partial charge on any atom is 0.249 e. The summed E-state index contributed by atoms with van der Waals surface area (Å²) in [4.78, 5) is 19.1. The number of pyridine rings is 1. The summed E-state index contributed by atoms with van der Waals surface area (Å²) in [5, 5.41) is 10.7. The van der Waals surface area contributed by atoms with Gasteiger partial charge >= 0.3 is 0 Å². The highest BCUT2D eigenvalue weighted by Gasteiger charge is 2.53. The molecule has 1 aliphatic carbocycles. The van der Waals surface area contributed by atoms with Gasteiger partial charge < -0.3 is 15.5 Å². The monoisotopic (exact) mass is 448 g/mol. The quantitative estimate of drug-likeness (QED) is 0.671. The number of nitrogens with one attached hydrogen (secondary N) is 2. The summed E-state index contributed by atoms with van der Waals surface area (Å²) < 4.78 is 28.2. The molecule has 176 valence electrons. The van der Waals surface area contributed by atoms with Gasteiger partial charge in [0.15, 0.2) is 0 Å². The molecule has 4 rings (SSSR count). The van der Waals surface area contributed by atoms with E-state index >= 15 is 0 Å². The lowest BCUT2D eigenvalue weighted by atomic mass is 9.67. The summed E-state index contributed by atoms with van der Waals surface area (Å²) in [5.41, 5.74) is 2.97. The number of halogens is 2. The molecule has 2 aliphatic rings. The van der Waals surface area contributed by atoms with Crippen LogP contribution in [0.15, 0.2) is 18.5 Å². The van der Waals surface area contributed by atoms with Gasteiger partial charge in [-0.2, -0.15) is 5.10 Å². The Kier molecular flexibility index (Phi) is 6.23. The Balaban J connectivity index is 0.00000289. The highest BCUT2D eigenvalue weighted by molar-refractivity contribution is 6.04. The number of hydrogen-bond acceptors (Lipinski definition) is 5. The van der Waals surface area contributed by atoms with E-state index in [0.717, 1.165) is 22.6 Å². The summed E-state index contributed by atoms with van der Waals surface area (Å²) in [6.07, 6.45) is 3.46. The van der Waals surface area contributed by atoms with Crippen molar-refractivity contribution in [2.75, 3.05) is 22.6 Å². The first-order valence-electron chi connectivity index (χ1n) is 10.6. The van der Waals surface area contributed by atoms with Crippen LogP contribution in [0, 0.1) is 18.3 Å². The van der Waals surface area contributed by atoms with Crippen molar-refractivity contribution in [1.82, 2.24) is 14.8 Å². The molecule has 2 N–H and O–H groups in total. The first kappa shape index (κ1) is 23.9. The SMILES string of the molecule is C.Cc1nc(NCc2cnn(CC3(C)CC(F)(F)C3)c2)cc2c1NC(=O)[C@H](C(C)C)N2C. The molecule has 0 aromatic carbocycles. The molecule has 2 aromatic heterocycles. The molecule has 2 aromatic rings. The average Bonchev–Trinajstić information content (AvgIpc) is 3.05. The van der Waals surface area contributed by atoms with Crippen molar-refractivity contribution in [2.24, 2.45) is 11.3 Å². The van der Waals surface area contributed by atoms with E-state index in [4.69, 9.17) is 0 Å². The fourth-order valence-corrected chi connectivity index (χ4v) is 4.93. The van der Waals surface area contributed by atoms with E-state index in [9.17, 15) is 13.6 Å². The number of carbonyl (C=O) groups excluding carboxylic acids is 1. The molecule has 3 heterocycles. The van der Waals surface area contributed by atoms with Gasteiger partial charge in [-0.3, -0.25) is 9.48 Å². The number of carbonyl (C=O) groups is 1. The summed E-state index contributed by atoms with van der Waals surface area (Å²) in [6, 6.07) is 1.71. The molecule has 32 heavy (non-hydrogen) atoms. The smallest absolute Gasteiger partial charge is 0.249 e. The van der Waals surface area contributed by atoms with Crippen LogP contribution in [0.4, 0.5) is 26.0 Å². The number of fused-ring (bicyclic) bond motifs is 1. The van der Waals surface area contributed by atoms with Crippen molar-refractivity contribution in [2.45, 2.75) is 73.0 Å². The molecule has 7 nitrogen and oxygen atoms in total. The van der Waals surface area contributed by atoms with Crippen LogP contribution < -0.4 is 15.5 Å². The summed E-state index contributed by atoms with van der Waals surface area (Å²) >= 11 is 0. The second-order valence-electron chi connectivity index (χ2n) is 9.70. The minimum Gasteiger partial charge on any atom is -0.366 e. The lowest BCUT2D eigenvalue weighted by Crippen LogP contribution is -2.49. The fraction of sp³-hybridized carbons (Fsp3) is 0.609. The third-order valence-electron chi connectivity index (χ3n) is 6.20. The van der Waals surface area contributed by atoms with Crippen LogP contribution in [0.25, 0.3) is 0 Å². The van der Waals surface area contributed by atoms with Gasteiger partial charge in [0.2, 0.25) is 11.8 Å². The zero-order valence-electron chi connectivity index (χ0n) is 18.7. The van der Waals surface area contributed by atoms with Crippen molar-refractivity contribution < 1.29 is 13.6 Å². The minimum atomic E-state index is -2.54. The van der Waals surface area contributed by atoms with E-state index in [1.165, 1.54) is 0 Å². The van der Waals surface area contributed by atoms with E-state index < -0.39 is 11.3 Å². The average molecular weight is 449 g/mol. The van der Waals surface area contributed by atoms with Gasteiger partial charge in [-0.1, -0.05) is 28.2 Å². The van der Waals surface area contributed by atoms with Gasteiger partial charge in [-0.15, -0.1) is 0 Å². The Bertz CT molecular complexity index is 994. The molecule has 1 saturated carbocycles. The zero-order valence-corrected chi connectivity index (χ0v) is 18.7. The molecule has 9 heteroatoms. The lowest BCUT2D eigenvalue weighted by molar-refractivity contribution is -0.159. The summed E-state index contributed by atoms with van der Waals surface area (Å²) in [5.74, 6) is -1.67. The summed E-state index contributed by atoms with van der Waals surface area (Å²) in [6.45, 7) is 8.82. The van der Waals surface area contributed by atoms with E-state index in [1.54, 1.807) is 10.9 Å². The third kappa shape index (κ3) is 4.56. The lowest BCUT2D eigenvalue weighted by Gasteiger charge is -2.44. The molecule has 0 radical (unpaired) electrons. The molecule has 1 aliphatic heterocycles. The number of aromatic nitrogens is 3. The number of rotatable bonds is 6. The molecule has 0 spiro atoms. The summed E-state index contributed by atoms with van der Waals surface area (Å²) in [7, 11) is 1.93. The van der Waals surface area contributed by atoms with Crippen LogP contribution in [0.1, 0.15) is 52.3 Å². The first-order valence-corrected chi connectivity index (χ1v) is 10.6. The van der Waals surface area contributed by atoms with Gasteiger partial charge in [-0.05, 0) is 18.3 Å². The Morgan fingerprint density at radius 1 is 1.34 bits per heavy atom. The minimum absolute atomic E-state index is 0. The van der Waals surface area contributed by atoms with Crippen LogP contribution in [-0.2, 0) is 17.9 Å². The van der Waals surface area contributed by atoms with Gasteiger partial charge in [-0.25, -0.2) is 13.8 Å². The number of amides is 1. The number of alkyl halides is 2. The van der Waals surface area contributed by atoms with Crippen molar-refractivity contribution in [3.63, 3.8) is 0 Å². The second kappa shape index (κ2) is 8.33. The number of anilines is 3. The largest absolute Gasteiger partial charge is 0.366 e. The number of aryl methyl sites for hydroxylation is 1. The zero-order chi connectivity index (χ0) is 22.6. The highest BCUT2D eigenvalue weighted by atomic mass is 19.3. The van der Waals surface area contributed by atoms with E-state index in [1.807, 2.05) is 51.9 Å². The Labute approximate surface area is 188 Å². The van der Waals surface area contributed by atoms with Crippen LogP contribution in [0.5, 0.6) is 0 Å². The van der Waals surface area contributed by atoms with E-state index in [2.05, 4.69) is 20.7 Å². The number of hydrogen-bond donors (Lipinski definition) is 2. The topological polar surface area (TPSA) is 75.1 Å². The molecule has 1 fully saturated rings. The van der Waals surface area contributed by atoms with Gasteiger partial charge in [0.25, 0.3) is 0 Å². The third-order valence-corrected chi connectivity index (χ3v) is 6.20. The normalized spacial score (nSPS) is 20.8. The van der Waals surface area contributed by atoms with E-state index in [-0.39, 0.29) is 38.1 Å². The molecule has 1 amide bonds. The molecule has 0 saturated heterocycles. The molecule has 1 atom stereocenters. The van der Waals surface area contributed by atoms with Crippen LogP contribution >= 0.6 is 0 Å². The molecular weight excluding hydrogens is 414 g/mol. The number of likely N-dealkylation sites (N-methyl/N-ethyl adjacent to an activating group) is 1. The number of nitrogens with zero attached hydrogens (tertiary/aromatic N) is 4. The van der Waals surface area contributed by atoms with Crippen LogP contribution in [0.3, 0.4) is 0 Å². The molecule has 0 unspecified atom stereocenters. The standard InChI is InChI=1S/C22H30F2N6O.CH4/c1-13(2)19-20(31)28-18-14(3)27-17(6-16(18)29(19)5)25-7-15-8-26-30(9-15)12-21(4)10-22(23,24)11-21;/h6,8-9,13,19H,7,10-12H2,1-5H3,(H,25,27)(H,28,31);1H4/t19-;/m0./s1. The van der Waals surface area contributed by atoms with Crippen molar-refractivity contribution in [3.8, 4) is 0 Å². The second-order valence-corrected chi connectivity index (χ2v) is 9.70. The van der Waals surface area contributed by atoms with Crippen molar-refractivity contribution in [3.05, 3.63) is 29.7 Å². The predicted molar refractivity (Wildman–Crippen MR) is 123 cm³/mol. The maximum absolute atomic E-state index is 13.2. The van der Waals surface area contributed by atoms with Gasteiger partial charge in [0.1, 0.15) is 11.9 Å². The van der Waals surface area contributed by atoms with E-state index in [0.29, 0.717) is 18.9 Å². The maximum atomic E-state index is 13.2. The Hall–Kier alpha value is -2.71. The Morgan fingerprint density at radius 3 is 2.66 bits per heavy atom.